The molecule has 0 aliphatic carbocycles. The van der Waals surface area contributed by atoms with Gasteiger partial charge in [-0.05, 0) is 25.7 Å². The van der Waals surface area contributed by atoms with E-state index < -0.39 is 0 Å². The highest BCUT2D eigenvalue weighted by molar-refractivity contribution is 4.85. The normalized spacial score (nSPS) is 12.4. The van der Waals surface area contributed by atoms with Crippen molar-refractivity contribution >= 4 is 0 Å². The van der Waals surface area contributed by atoms with Crippen LogP contribution in [0.1, 0.15) is 66.2 Å². The third kappa shape index (κ3) is 3.58. The van der Waals surface area contributed by atoms with E-state index in [0.29, 0.717) is 0 Å². The lowest BCUT2D eigenvalue weighted by atomic mass is 9.86. The predicted octanol–water partition coefficient (Wildman–Crippen LogP) is 3.32. The average molecular weight is 200 g/mol. The number of hydrogen-bond donors (Lipinski definition) is 1. The van der Waals surface area contributed by atoms with Crippen molar-refractivity contribution in [3.8, 4) is 0 Å². The van der Waals surface area contributed by atoms with Crippen LogP contribution < -0.4 is 5.84 Å². The van der Waals surface area contributed by atoms with E-state index in [2.05, 4.69) is 32.7 Å². The molecule has 0 fully saturated rings. The van der Waals surface area contributed by atoms with Crippen LogP contribution >= 0.6 is 0 Å². The van der Waals surface area contributed by atoms with Crippen LogP contribution in [-0.4, -0.2) is 17.1 Å². The maximum absolute atomic E-state index is 6.16. The van der Waals surface area contributed by atoms with Crippen LogP contribution in [0.2, 0.25) is 0 Å². The average Bonchev–Trinajstić information content (AvgIpc) is 2.21. The second-order valence-electron chi connectivity index (χ2n) is 4.23. The van der Waals surface area contributed by atoms with Crippen molar-refractivity contribution in [2.75, 3.05) is 6.54 Å². The Morgan fingerprint density at radius 3 is 1.93 bits per heavy atom. The molecule has 0 amide bonds. The van der Waals surface area contributed by atoms with Crippen molar-refractivity contribution in [1.82, 2.24) is 5.01 Å². The summed E-state index contributed by atoms with van der Waals surface area (Å²) >= 11 is 0. The van der Waals surface area contributed by atoms with Crippen molar-refractivity contribution in [3.05, 3.63) is 0 Å². The molecule has 0 saturated heterocycles. The first-order valence-corrected chi connectivity index (χ1v) is 6.19. The maximum atomic E-state index is 6.16. The molecule has 0 atom stereocenters. The monoisotopic (exact) mass is 200 g/mol. The summed E-state index contributed by atoms with van der Waals surface area (Å²) in [6.45, 7) is 9.97. The number of nitrogens with two attached hydrogens (primary N) is 1. The van der Waals surface area contributed by atoms with Gasteiger partial charge < -0.3 is 0 Å². The van der Waals surface area contributed by atoms with E-state index in [1.165, 1.54) is 32.1 Å². The minimum Gasteiger partial charge on any atom is -0.268 e. The highest BCUT2D eigenvalue weighted by Gasteiger charge is 2.30. The van der Waals surface area contributed by atoms with Gasteiger partial charge in [-0.25, -0.2) is 5.01 Å². The molecule has 0 aromatic carbocycles. The van der Waals surface area contributed by atoms with Crippen molar-refractivity contribution in [3.63, 3.8) is 0 Å². The second-order valence-corrected chi connectivity index (χ2v) is 4.23. The van der Waals surface area contributed by atoms with Gasteiger partial charge in [-0.2, -0.15) is 0 Å². The fourth-order valence-corrected chi connectivity index (χ4v) is 2.14. The molecule has 0 spiro atoms. The number of hydrazine groups is 1. The Bertz CT molecular complexity index is 130. The lowest BCUT2D eigenvalue weighted by Gasteiger charge is -2.40. The Hall–Kier alpha value is -0.0800. The third-order valence-corrected chi connectivity index (χ3v) is 3.39. The largest absolute Gasteiger partial charge is 0.268 e. The highest BCUT2D eigenvalue weighted by atomic mass is 15.4. The van der Waals surface area contributed by atoms with Crippen molar-refractivity contribution in [2.45, 2.75) is 71.8 Å². The van der Waals surface area contributed by atoms with Gasteiger partial charge in [-0.3, -0.25) is 5.84 Å². The Balaban J connectivity index is 4.33. The van der Waals surface area contributed by atoms with E-state index >= 15 is 0 Å². The lowest BCUT2D eigenvalue weighted by molar-refractivity contribution is 0.0667. The van der Waals surface area contributed by atoms with Crippen LogP contribution in [-0.2, 0) is 0 Å². The van der Waals surface area contributed by atoms with Crippen molar-refractivity contribution < 1.29 is 0 Å². The quantitative estimate of drug-likeness (QED) is 0.481. The topological polar surface area (TPSA) is 29.3 Å². The number of nitrogens with zero attached hydrogens (tertiary/aromatic N) is 1. The Kier molecular flexibility index (Phi) is 7.20. The van der Waals surface area contributed by atoms with Gasteiger partial charge in [0.1, 0.15) is 0 Å². The van der Waals surface area contributed by atoms with E-state index in [-0.39, 0.29) is 5.54 Å². The van der Waals surface area contributed by atoms with Gasteiger partial charge in [-0.15, -0.1) is 0 Å². The summed E-state index contributed by atoms with van der Waals surface area (Å²) < 4.78 is 0. The number of unbranched alkanes of at least 4 members (excludes halogenated alkanes) is 1. The van der Waals surface area contributed by atoms with Gasteiger partial charge in [0.05, 0.1) is 0 Å². The van der Waals surface area contributed by atoms with Crippen molar-refractivity contribution in [1.29, 1.82) is 0 Å². The number of rotatable bonds is 8. The lowest BCUT2D eigenvalue weighted by Crippen LogP contribution is -2.52. The fraction of sp³-hybridized carbons (Fsp3) is 1.00. The molecular formula is C12H28N2. The first-order chi connectivity index (χ1) is 6.66. The van der Waals surface area contributed by atoms with Gasteiger partial charge in [0.15, 0.2) is 0 Å². The zero-order valence-electron chi connectivity index (χ0n) is 10.5. The van der Waals surface area contributed by atoms with Crippen LogP contribution in [0.5, 0.6) is 0 Å². The van der Waals surface area contributed by atoms with Gasteiger partial charge in [-0.1, -0.05) is 40.5 Å². The molecule has 0 saturated carbocycles. The van der Waals surface area contributed by atoms with E-state index in [0.717, 1.165) is 13.0 Å². The summed E-state index contributed by atoms with van der Waals surface area (Å²) in [4.78, 5) is 0. The minimum absolute atomic E-state index is 0.256. The van der Waals surface area contributed by atoms with Crippen LogP contribution in [0, 0.1) is 0 Å². The molecule has 0 heterocycles. The highest BCUT2D eigenvalue weighted by Crippen LogP contribution is 2.27. The Labute approximate surface area is 89.8 Å². The van der Waals surface area contributed by atoms with E-state index in [9.17, 15) is 0 Å². The summed E-state index contributed by atoms with van der Waals surface area (Å²) in [5.74, 6) is 6.16. The van der Waals surface area contributed by atoms with E-state index in [1.807, 2.05) is 0 Å². The van der Waals surface area contributed by atoms with Gasteiger partial charge >= 0.3 is 0 Å². The Morgan fingerprint density at radius 1 is 1.00 bits per heavy atom. The van der Waals surface area contributed by atoms with Gasteiger partial charge in [0, 0.05) is 12.1 Å². The molecule has 0 aromatic heterocycles. The standard InChI is InChI=1S/C12H28N2/c1-5-9-10-12(7-3,8-4)14(13)11-6-2/h5-11,13H2,1-4H3. The molecule has 2 nitrogen and oxygen atoms in total. The SMILES string of the molecule is CCCCC(CC)(CC)N(N)CCC. The summed E-state index contributed by atoms with van der Waals surface area (Å²) in [5.41, 5.74) is 0.256. The summed E-state index contributed by atoms with van der Waals surface area (Å²) in [5, 5.41) is 2.09. The first-order valence-electron chi connectivity index (χ1n) is 6.19. The zero-order chi connectivity index (χ0) is 11.0. The maximum Gasteiger partial charge on any atom is 0.0346 e. The van der Waals surface area contributed by atoms with Gasteiger partial charge in [0.2, 0.25) is 0 Å². The molecule has 0 radical (unpaired) electrons. The Morgan fingerprint density at radius 2 is 1.57 bits per heavy atom. The molecule has 0 unspecified atom stereocenters. The first kappa shape index (κ1) is 13.9. The number of hydrogen-bond acceptors (Lipinski definition) is 2. The van der Waals surface area contributed by atoms with Crippen LogP contribution in [0.3, 0.4) is 0 Å². The van der Waals surface area contributed by atoms with Gasteiger partial charge in [0.25, 0.3) is 0 Å². The summed E-state index contributed by atoms with van der Waals surface area (Å²) in [7, 11) is 0. The molecule has 0 rings (SSSR count). The molecule has 0 aliphatic rings. The summed E-state index contributed by atoms with van der Waals surface area (Å²) in [6, 6.07) is 0. The molecule has 14 heavy (non-hydrogen) atoms. The molecule has 0 aliphatic heterocycles. The van der Waals surface area contributed by atoms with Crippen molar-refractivity contribution in [2.24, 2.45) is 5.84 Å². The fourth-order valence-electron chi connectivity index (χ4n) is 2.14. The molecule has 2 heteroatoms. The van der Waals surface area contributed by atoms with E-state index in [4.69, 9.17) is 5.84 Å². The van der Waals surface area contributed by atoms with Crippen LogP contribution in [0.25, 0.3) is 0 Å². The molecular weight excluding hydrogens is 172 g/mol. The van der Waals surface area contributed by atoms with Crippen LogP contribution in [0.4, 0.5) is 0 Å². The molecule has 2 N–H and O–H groups in total. The minimum atomic E-state index is 0.256. The third-order valence-electron chi connectivity index (χ3n) is 3.39. The predicted molar refractivity (Wildman–Crippen MR) is 64.0 cm³/mol. The second kappa shape index (κ2) is 7.24. The molecule has 0 aromatic rings. The van der Waals surface area contributed by atoms with Crippen LogP contribution in [0.15, 0.2) is 0 Å². The molecule has 0 bridgehead atoms. The van der Waals surface area contributed by atoms with E-state index in [1.54, 1.807) is 0 Å². The summed E-state index contributed by atoms with van der Waals surface area (Å²) in [6.07, 6.45) is 7.28. The smallest absolute Gasteiger partial charge is 0.0346 e. The molecule has 86 valence electrons. The zero-order valence-corrected chi connectivity index (χ0v) is 10.5.